The van der Waals surface area contributed by atoms with Crippen molar-refractivity contribution in [3.05, 3.63) is 28.8 Å². The highest BCUT2D eigenvalue weighted by Gasteiger charge is 2.64. The van der Waals surface area contributed by atoms with Gasteiger partial charge in [-0.3, -0.25) is 4.79 Å². The zero-order valence-corrected chi connectivity index (χ0v) is 11.2. The van der Waals surface area contributed by atoms with E-state index in [1.165, 1.54) is 0 Å². The minimum Gasteiger partial charge on any atom is -0.390 e. The van der Waals surface area contributed by atoms with Gasteiger partial charge in [0.25, 0.3) is 0 Å². The molecule has 2 atom stereocenters. The van der Waals surface area contributed by atoms with Crippen LogP contribution in [0.4, 0.5) is 5.69 Å². The Labute approximate surface area is 116 Å². The van der Waals surface area contributed by atoms with Crippen LogP contribution >= 0.6 is 11.6 Å². The van der Waals surface area contributed by atoms with Crippen LogP contribution in [0, 0.1) is 16.7 Å². The first-order valence-electron chi connectivity index (χ1n) is 6.22. The third-order valence-electron chi connectivity index (χ3n) is 4.22. The molecule has 3 rings (SSSR count). The van der Waals surface area contributed by atoms with Crippen LogP contribution in [0.25, 0.3) is 0 Å². The fourth-order valence-corrected chi connectivity index (χ4v) is 3.11. The van der Waals surface area contributed by atoms with E-state index in [1.54, 1.807) is 23.1 Å². The molecule has 1 saturated heterocycles. The summed E-state index contributed by atoms with van der Waals surface area (Å²) in [7, 11) is 0. The lowest BCUT2D eigenvalue weighted by atomic mass is 9.99. The fourth-order valence-electron chi connectivity index (χ4n) is 2.90. The van der Waals surface area contributed by atoms with Crippen LogP contribution < -0.4 is 4.90 Å². The van der Waals surface area contributed by atoms with Crippen molar-refractivity contribution in [3.63, 3.8) is 0 Å². The SMILES string of the molecule is C[C@H]1[C@H](O)C2(CC2)C(=O)N1c1ccc(C#N)c(Cl)c1. The van der Waals surface area contributed by atoms with Crippen LogP contribution in [0.1, 0.15) is 25.3 Å². The van der Waals surface area contributed by atoms with Crippen molar-refractivity contribution < 1.29 is 9.90 Å². The van der Waals surface area contributed by atoms with Gasteiger partial charge in [-0.1, -0.05) is 11.6 Å². The first-order chi connectivity index (χ1) is 9.01. The van der Waals surface area contributed by atoms with E-state index < -0.39 is 11.5 Å². The van der Waals surface area contributed by atoms with Crippen molar-refractivity contribution in [2.24, 2.45) is 5.41 Å². The van der Waals surface area contributed by atoms with E-state index in [4.69, 9.17) is 16.9 Å². The van der Waals surface area contributed by atoms with Gasteiger partial charge in [-0.15, -0.1) is 0 Å². The summed E-state index contributed by atoms with van der Waals surface area (Å²) in [6.07, 6.45) is 0.866. The van der Waals surface area contributed by atoms with E-state index in [0.29, 0.717) is 16.3 Å². The number of nitriles is 1. The van der Waals surface area contributed by atoms with E-state index in [9.17, 15) is 9.90 Å². The van der Waals surface area contributed by atoms with Gasteiger partial charge in [-0.25, -0.2) is 0 Å². The fraction of sp³-hybridized carbons (Fsp3) is 0.429. The molecule has 1 saturated carbocycles. The largest absolute Gasteiger partial charge is 0.390 e. The van der Waals surface area contributed by atoms with Crippen LogP contribution in [-0.4, -0.2) is 23.2 Å². The molecule has 98 valence electrons. The van der Waals surface area contributed by atoms with Crippen molar-refractivity contribution in [1.29, 1.82) is 5.26 Å². The molecule has 1 N–H and O–H groups in total. The highest BCUT2D eigenvalue weighted by molar-refractivity contribution is 6.32. The summed E-state index contributed by atoms with van der Waals surface area (Å²) in [4.78, 5) is 14.0. The van der Waals surface area contributed by atoms with Gasteiger partial charge >= 0.3 is 0 Å². The molecule has 1 aromatic rings. The van der Waals surface area contributed by atoms with E-state index in [-0.39, 0.29) is 11.9 Å². The maximum Gasteiger partial charge on any atom is 0.236 e. The van der Waals surface area contributed by atoms with Crippen LogP contribution in [0.3, 0.4) is 0 Å². The summed E-state index contributed by atoms with van der Waals surface area (Å²) in [6.45, 7) is 1.84. The predicted octanol–water partition coefficient (Wildman–Crippen LogP) is 2.09. The molecular formula is C14H13ClN2O2. The van der Waals surface area contributed by atoms with Crippen molar-refractivity contribution in [2.75, 3.05) is 4.90 Å². The Morgan fingerprint density at radius 1 is 1.53 bits per heavy atom. The number of halogens is 1. The molecule has 0 radical (unpaired) electrons. The van der Waals surface area contributed by atoms with Gasteiger partial charge in [0.05, 0.1) is 28.1 Å². The molecule has 0 unspecified atom stereocenters. The molecular weight excluding hydrogens is 264 g/mol. The number of nitrogens with zero attached hydrogens (tertiary/aromatic N) is 2. The van der Waals surface area contributed by atoms with Gasteiger partial charge in [-0.05, 0) is 38.0 Å². The minimum absolute atomic E-state index is 0.0340. The Balaban J connectivity index is 2.01. The molecule has 2 fully saturated rings. The number of hydrogen-bond donors (Lipinski definition) is 1. The lowest BCUT2D eigenvalue weighted by Gasteiger charge is -2.23. The zero-order chi connectivity index (χ0) is 13.8. The molecule has 4 nitrogen and oxygen atoms in total. The smallest absolute Gasteiger partial charge is 0.236 e. The molecule has 19 heavy (non-hydrogen) atoms. The van der Waals surface area contributed by atoms with Crippen LogP contribution in [0.5, 0.6) is 0 Å². The third-order valence-corrected chi connectivity index (χ3v) is 4.53. The summed E-state index contributed by atoms with van der Waals surface area (Å²) >= 11 is 6.00. The van der Waals surface area contributed by atoms with Crippen molar-refractivity contribution in [1.82, 2.24) is 0 Å². The number of carbonyl (C=O) groups is 1. The number of benzene rings is 1. The monoisotopic (exact) mass is 276 g/mol. The molecule has 2 aliphatic rings. The van der Waals surface area contributed by atoms with Crippen LogP contribution in [0.15, 0.2) is 18.2 Å². The highest BCUT2D eigenvalue weighted by atomic mass is 35.5. The Morgan fingerprint density at radius 3 is 2.68 bits per heavy atom. The molecule has 5 heteroatoms. The number of aliphatic hydroxyl groups excluding tert-OH is 1. The molecule has 1 heterocycles. The van der Waals surface area contributed by atoms with E-state index in [0.717, 1.165) is 12.8 Å². The van der Waals surface area contributed by atoms with Crippen molar-refractivity contribution in [2.45, 2.75) is 31.9 Å². The van der Waals surface area contributed by atoms with Gasteiger partial charge in [0.15, 0.2) is 0 Å². The van der Waals surface area contributed by atoms with E-state index in [2.05, 4.69) is 0 Å². The average molecular weight is 277 g/mol. The van der Waals surface area contributed by atoms with Crippen molar-refractivity contribution in [3.8, 4) is 6.07 Å². The van der Waals surface area contributed by atoms with Gasteiger partial charge in [-0.2, -0.15) is 5.26 Å². The Hall–Kier alpha value is -1.57. The van der Waals surface area contributed by atoms with Gasteiger partial charge < -0.3 is 10.0 Å². The zero-order valence-electron chi connectivity index (χ0n) is 10.4. The second-order valence-electron chi connectivity index (χ2n) is 5.29. The quantitative estimate of drug-likeness (QED) is 0.854. The predicted molar refractivity (Wildman–Crippen MR) is 70.8 cm³/mol. The number of aliphatic hydroxyl groups is 1. The molecule has 0 bridgehead atoms. The maximum absolute atomic E-state index is 12.4. The topological polar surface area (TPSA) is 64.3 Å². The minimum atomic E-state index is -0.630. The molecule has 1 aromatic carbocycles. The summed E-state index contributed by atoms with van der Waals surface area (Å²) in [6, 6.07) is 6.64. The normalized spacial score (nSPS) is 27.7. The van der Waals surface area contributed by atoms with E-state index in [1.807, 2.05) is 13.0 Å². The number of amides is 1. The Bertz CT molecular complexity index is 604. The molecule has 1 aliphatic carbocycles. The molecule has 1 amide bonds. The van der Waals surface area contributed by atoms with Crippen LogP contribution in [-0.2, 0) is 4.79 Å². The lowest BCUT2D eigenvalue weighted by Crippen LogP contribution is -2.34. The average Bonchev–Trinajstić information content (AvgIpc) is 3.16. The second kappa shape index (κ2) is 3.96. The summed E-state index contributed by atoms with van der Waals surface area (Å²) in [5.41, 5.74) is 0.454. The van der Waals surface area contributed by atoms with Gasteiger partial charge in [0.1, 0.15) is 6.07 Å². The van der Waals surface area contributed by atoms with Gasteiger partial charge in [0.2, 0.25) is 5.91 Å². The maximum atomic E-state index is 12.4. The first kappa shape index (κ1) is 12.5. The first-order valence-corrected chi connectivity index (χ1v) is 6.60. The third kappa shape index (κ3) is 1.59. The standard InChI is InChI=1S/C14H13ClN2O2/c1-8-12(18)14(4-5-14)13(19)17(8)10-3-2-9(7-16)11(15)6-10/h2-3,6,8,12,18H,4-5H2,1H3/t8-,12-/m0/s1. The summed E-state index contributed by atoms with van der Waals surface area (Å²) in [5, 5.41) is 19.4. The molecule has 0 aromatic heterocycles. The number of hydrogen-bond acceptors (Lipinski definition) is 3. The van der Waals surface area contributed by atoms with Crippen molar-refractivity contribution >= 4 is 23.2 Å². The Morgan fingerprint density at radius 2 is 2.21 bits per heavy atom. The molecule has 1 spiro atoms. The van der Waals surface area contributed by atoms with Crippen LogP contribution in [0.2, 0.25) is 5.02 Å². The van der Waals surface area contributed by atoms with Gasteiger partial charge in [0, 0.05) is 5.69 Å². The Kier molecular flexibility index (Phi) is 2.60. The summed E-state index contributed by atoms with van der Waals surface area (Å²) in [5.74, 6) is -0.0340. The number of rotatable bonds is 1. The lowest BCUT2D eigenvalue weighted by molar-refractivity contribution is -0.123. The highest BCUT2D eigenvalue weighted by Crippen LogP contribution is 2.56. The number of carbonyl (C=O) groups excluding carboxylic acids is 1. The number of anilines is 1. The van der Waals surface area contributed by atoms with E-state index >= 15 is 0 Å². The molecule has 1 aliphatic heterocycles. The summed E-state index contributed by atoms with van der Waals surface area (Å²) < 4.78 is 0. The second-order valence-corrected chi connectivity index (χ2v) is 5.70.